The molecule has 0 unspecified atom stereocenters. The van der Waals surface area contributed by atoms with Crippen molar-refractivity contribution in [3.63, 3.8) is 0 Å². The second-order valence-electron chi connectivity index (χ2n) is 5.51. The molecule has 2 rings (SSSR count). The number of sulfonamides is 1. The van der Waals surface area contributed by atoms with Crippen molar-refractivity contribution < 1.29 is 13.2 Å². The van der Waals surface area contributed by atoms with Crippen LogP contribution in [0, 0.1) is 13.8 Å². The molecule has 0 heterocycles. The lowest BCUT2D eigenvalue weighted by Gasteiger charge is -2.22. The van der Waals surface area contributed by atoms with E-state index in [0.717, 1.165) is 11.3 Å². The number of carbonyl (C=O) groups is 1. The summed E-state index contributed by atoms with van der Waals surface area (Å²) in [6.45, 7) is 5.92. The van der Waals surface area contributed by atoms with Crippen LogP contribution in [0.25, 0.3) is 0 Å². The van der Waals surface area contributed by atoms with Crippen LogP contribution < -0.4 is 9.62 Å². The summed E-state index contributed by atoms with van der Waals surface area (Å²) in [7, 11) is -2.26. The number of para-hydroxylation sites is 1. The topological polar surface area (TPSA) is 66.5 Å². The number of amides is 1. The van der Waals surface area contributed by atoms with E-state index in [-0.39, 0.29) is 10.8 Å². The molecule has 6 heteroatoms. The first-order chi connectivity index (χ1) is 11.3. The zero-order valence-corrected chi connectivity index (χ0v) is 15.1. The molecule has 5 nitrogen and oxygen atoms in total. The van der Waals surface area contributed by atoms with Crippen LogP contribution in [0.3, 0.4) is 0 Å². The summed E-state index contributed by atoms with van der Waals surface area (Å²) in [6, 6.07) is 12.5. The zero-order valence-electron chi connectivity index (χ0n) is 14.3. The lowest BCUT2D eigenvalue weighted by atomic mass is 10.0. The van der Waals surface area contributed by atoms with Crippen LogP contribution in [-0.2, 0) is 10.0 Å². The molecule has 0 spiro atoms. The minimum atomic E-state index is -3.63. The van der Waals surface area contributed by atoms with Gasteiger partial charge in [-0.05, 0) is 63.2 Å². The van der Waals surface area contributed by atoms with E-state index < -0.39 is 10.0 Å². The van der Waals surface area contributed by atoms with Gasteiger partial charge in [-0.25, -0.2) is 13.1 Å². The maximum Gasteiger partial charge on any atom is 0.258 e. The first kappa shape index (κ1) is 18.2. The second kappa shape index (κ2) is 7.15. The SMILES string of the molecule is CCN(C(=O)c1cc(C)c(C)c(S(=O)(=O)NC)c1)c1ccccc1. The Balaban J connectivity index is 2.54. The van der Waals surface area contributed by atoms with Gasteiger partial charge in [-0.1, -0.05) is 18.2 Å². The predicted molar refractivity (Wildman–Crippen MR) is 96.0 cm³/mol. The second-order valence-corrected chi connectivity index (χ2v) is 7.36. The molecule has 0 saturated carbocycles. The summed E-state index contributed by atoms with van der Waals surface area (Å²) >= 11 is 0. The number of nitrogens with one attached hydrogen (secondary N) is 1. The molecular weight excluding hydrogens is 324 g/mol. The smallest absolute Gasteiger partial charge is 0.258 e. The third kappa shape index (κ3) is 3.49. The number of benzene rings is 2. The van der Waals surface area contributed by atoms with Gasteiger partial charge >= 0.3 is 0 Å². The molecule has 0 aliphatic heterocycles. The summed E-state index contributed by atoms with van der Waals surface area (Å²) in [5.41, 5.74) is 2.54. The molecule has 2 aromatic rings. The van der Waals surface area contributed by atoms with Gasteiger partial charge in [-0.3, -0.25) is 4.79 Å². The van der Waals surface area contributed by atoms with Gasteiger partial charge < -0.3 is 4.90 Å². The van der Waals surface area contributed by atoms with Gasteiger partial charge in [-0.15, -0.1) is 0 Å². The molecule has 1 N–H and O–H groups in total. The number of nitrogens with zero attached hydrogens (tertiary/aromatic N) is 1. The maximum atomic E-state index is 12.9. The molecule has 0 aliphatic carbocycles. The van der Waals surface area contributed by atoms with E-state index in [9.17, 15) is 13.2 Å². The number of rotatable bonds is 5. The average molecular weight is 346 g/mol. The molecular formula is C18H22N2O3S. The van der Waals surface area contributed by atoms with Crippen LogP contribution in [0.4, 0.5) is 5.69 Å². The minimum Gasteiger partial charge on any atom is -0.309 e. The zero-order chi connectivity index (χ0) is 17.9. The summed E-state index contributed by atoms with van der Waals surface area (Å²) in [4.78, 5) is 14.7. The van der Waals surface area contributed by atoms with Crippen molar-refractivity contribution in [3.05, 3.63) is 59.2 Å². The van der Waals surface area contributed by atoms with Gasteiger partial charge in [0.15, 0.2) is 0 Å². The Morgan fingerprint density at radius 3 is 2.29 bits per heavy atom. The standard InChI is InChI=1S/C18H22N2O3S/c1-5-20(16-9-7-6-8-10-16)18(21)15-11-13(2)14(3)17(12-15)24(22,23)19-4/h6-12,19H,5H2,1-4H3. The van der Waals surface area contributed by atoms with E-state index in [4.69, 9.17) is 0 Å². The highest BCUT2D eigenvalue weighted by Crippen LogP contribution is 2.23. The number of hydrogen-bond donors (Lipinski definition) is 1. The lowest BCUT2D eigenvalue weighted by molar-refractivity contribution is 0.0988. The molecule has 0 aromatic heterocycles. The number of carbonyl (C=O) groups excluding carboxylic acids is 1. The van der Waals surface area contributed by atoms with Gasteiger partial charge in [0.05, 0.1) is 4.90 Å². The average Bonchev–Trinajstić information content (AvgIpc) is 2.58. The van der Waals surface area contributed by atoms with Gasteiger partial charge in [0, 0.05) is 17.8 Å². The molecule has 0 atom stereocenters. The highest BCUT2D eigenvalue weighted by atomic mass is 32.2. The van der Waals surface area contributed by atoms with Crippen LogP contribution in [-0.4, -0.2) is 27.9 Å². The number of hydrogen-bond acceptors (Lipinski definition) is 3. The summed E-state index contributed by atoms with van der Waals surface area (Å²) in [5.74, 6) is -0.223. The molecule has 0 saturated heterocycles. The molecule has 128 valence electrons. The fourth-order valence-corrected chi connectivity index (χ4v) is 3.61. The Morgan fingerprint density at radius 1 is 1.12 bits per heavy atom. The molecule has 0 fully saturated rings. The summed E-state index contributed by atoms with van der Waals surface area (Å²) < 4.78 is 26.8. The molecule has 0 bridgehead atoms. The highest BCUT2D eigenvalue weighted by molar-refractivity contribution is 7.89. The third-order valence-corrected chi connectivity index (χ3v) is 5.59. The fourth-order valence-electron chi connectivity index (χ4n) is 2.55. The highest BCUT2D eigenvalue weighted by Gasteiger charge is 2.22. The van der Waals surface area contributed by atoms with Gasteiger partial charge in [0.2, 0.25) is 10.0 Å². The Hall–Kier alpha value is -2.18. The van der Waals surface area contributed by atoms with Gasteiger partial charge in [0.1, 0.15) is 0 Å². The molecule has 24 heavy (non-hydrogen) atoms. The largest absolute Gasteiger partial charge is 0.309 e. The first-order valence-corrected chi connectivity index (χ1v) is 9.21. The van der Waals surface area contributed by atoms with Crippen molar-refractivity contribution in [2.45, 2.75) is 25.7 Å². The van der Waals surface area contributed by atoms with E-state index >= 15 is 0 Å². The quantitative estimate of drug-likeness (QED) is 0.905. The Kier molecular flexibility index (Phi) is 5.41. The van der Waals surface area contributed by atoms with Crippen molar-refractivity contribution in [1.82, 2.24) is 4.72 Å². The molecule has 0 radical (unpaired) electrons. The van der Waals surface area contributed by atoms with Crippen LogP contribution in [0.1, 0.15) is 28.4 Å². The Bertz CT molecular complexity index is 846. The number of anilines is 1. The van der Waals surface area contributed by atoms with Crippen molar-refractivity contribution in [2.75, 3.05) is 18.5 Å². The van der Waals surface area contributed by atoms with E-state index in [2.05, 4.69) is 4.72 Å². The van der Waals surface area contributed by atoms with E-state index in [1.807, 2.05) is 37.3 Å². The predicted octanol–water partition coefficient (Wildman–Crippen LogP) is 2.88. The minimum absolute atomic E-state index is 0.137. The van der Waals surface area contributed by atoms with Crippen molar-refractivity contribution in [3.8, 4) is 0 Å². The van der Waals surface area contributed by atoms with Crippen LogP contribution in [0.15, 0.2) is 47.4 Å². The van der Waals surface area contributed by atoms with E-state index in [0.29, 0.717) is 17.7 Å². The molecule has 1 amide bonds. The van der Waals surface area contributed by atoms with E-state index in [1.165, 1.54) is 13.1 Å². The number of aryl methyl sites for hydroxylation is 1. The van der Waals surface area contributed by atoms with Crippen LogP contribution >= 0.6 is 0 Å². The lowest BCUT2D eigenvalue weighted by Crippen LogP contribution is -2.31. The van der Waals surface area contributed by atoms with Crippen LogP contribution in [0.2, 0.25) is 0 Å². The maximum absolute atomic E-state index is 12.9. The van der Waals surface area contributed by atoms with Crippen molar-refractivity contribution in [2.24, 2.45) is 0 Å². The summed E-state index contributed by atoms with van der Waals surface area (Å²) in [6.07, 6.45) is 0. The normalized spacial score (nSPS) is 11.3. The third-order valence-electron chi connectivity index (χ3n) is 4.05. The van der Waals surface area contributed by atoms with Crippen molar-refractivity contribution in [1.29, 1.82) is 0 Å². The monoisotopic (exact) mass is 346 g/mol. The first-order valence-electron chi connectivity index (χ1n) is 7.73. The van der Waals surface area contributed by atoms with Gasteiger partial charge in [0.25, 0.3) is 5.91 Å². The van der Waals surface area contributed by atoms with Crippen molar-refractivity contribution >= 4 is 21.6 Å². The Labute approximate surface area is 143 Å². The van der Waals surface area contributed by atoms with Gasteiger partial charge in [-0.2, -0.15) is 0 Å². The summed E-state index contributed by atoms with van der Waals surface area (Å²) in [5, 5.41) is 0. The van der Waals surface area contributed by atoms with Crippen LogP contribution in [0.5, 0.6) is 0 Å². The Morgan fingerprint density at radius 2 is 1.75 bits per heavy atom. The molecule has 0 aliphatic rings. The molecule has 2 aromatic carbocycles. The van der Waals surface area contributed by atoms with E-state index in [1.54, 1.807) is 24.8 Å². The fraction of sp³-hybridized carbons (Fsp3) is 0.278.